The van der Waals surface area contributed by atoms with Crippen molar-refractivity contribution in [2.45, 2.75) is 64.0 Å². The number of aromatic nitrogens is 2. The molecule has 0 radical (unpaired) electrons. The Morgan fingerprint density at radius 3 is 2.75 bits per heavy atom. The largest absolute Gasteiger partial charge is 0.374 e. The van der Waals surface area contributed by atoms with Gasteiger partial charge in [-0.2, -0.15) is 0 Å². The van der Waals surface area contributed by atoms with Crippen molar-refractivity contribution in [3.05, 3.63) is 18.2 Å². The lowest BCUT2D eigenvalue weighted by Crippen LogP contribution is -2.52. The first-order valence-electron chi connectivity index (χ1n) is 7.93. The average Bonchev–Trinajstić information content (AvgIpc) is 2.84. The van der Waals surface area contributed by atoms with E-state index in [-0.39, 0.29) is 11.6 Å². The van der Waals surface area contributed by atoms with Gasteiger partial charge in [0.1, 0.15) is 5.82 Å². The first-order valence-corrected chi connectivity index (χ1v) is 7.93. The summed E-state index contributed by atoms with van der Waals surface area (Å²) in [6.45, 7) is 5.16. The third-order valence-corrected chi connectivity index (χ3v) is 4.83. The van der Waals surface area contributed by atoms with Crippen molar-refractivity contribution in [2.75, 3.05) is 6.61 Å². The van der Waals surface area contributed by atoms with E-state index in [4.69, 9.17) is 10.5 Å². The SMILES string of the molecule is CCOC1(C(N)CCc2nccn2C)CCC(C)CC1. The summed E-state index contributed by atoms with van der Waals surface area (Å²) in [5.74, 6) is 1.92. The molecule has 1 aromatic rings. The lowest BCUT2D eigenvalue weighted by Gasteiger charge is -2.43. The van der Waals surface area contributed by atoms with Crippen molar-refractivity contribution in [1.82, 2.24) is 9.55 Å². The van der Waals surface area contributed by atoms with E-state index in [2.05, 4.69) is 23.4 Å². The minimum absolute atomic E-state index is 0.103. The van der Waals surface area contributed by atoms with Crippen molar-refractivity contribution < 1.29 is 4.74 Å². The van der Waals surface area contributed by atoms with Gasteiger partial charge in [-0.05, 0) is 44.9 Å². The summed E-state index contributed by atoms with van der Waals surface area (Å²) in [5.41, 5.74) is 6.41. The Bertz CT molecular complexity index is 408. The van der Waals surface area contributed by atoms with Crippen LogP contribution in [0.25, 0.3) is 0 Å². The molecule has 0 spiro atoms. The molecular weight excluding hydrogens is 250 g/mol. The summed E-state index contributed by atoms with van der Waals surface area (Å²) in [6, 6.07) is 0.103. The highest BCUT2D eigenvalue weighted by Gasteiger charge is 2.40. The number of imidazole rings is 1. The first kappa shape index (κ1) is 15.5. The Kier molecular flexibility index (Phi) is 5.22. The van der Waals surface area contributed by atoms with E-state index in [0.29, 0.717) is 0 Å². The van der Waals surface area contributed by atoms with Gasteiger partial charge in [-0.15, -0.1) is 0 Å². The molecule has 0 bridgehead atoms. The zero-order valence-corrected chi connectivity index (χ0v) is 13.1. The first-order chi connectivity index (χ1) is 9.57. The van der Waals surface area contributed by atoms with Gasteiger partial charge in [0.15, 0.2) is 0 Å². The van der Waals surface area contributed by atoms with Crippen LogP contribution in [0.15, 0.2) is 12.4 Å². The van der Waals surface area contributed by atoms with Gasteiger partial charge < -0.3 is 15.0 Å². The van der Waals surface area contributed by atoms with Crippen molar-refractivity contribution in [1.29, 1.82) is 0 Å². The molecule has 1 aliphatic rings. The Morgan fingerprint density at radius 1 is 1.50 bits per heavy atom. The summed E-state index contributed by atoms with van der Waals surface area (Å²) in [4.78, 5) is 4.38. The highest BCUT2D eigenvalue weighted by Crippen LogP contribution is 2.37. The standard InChI is InChI=1S/C16H29N3O/c1-4-20-16(9-7-13(2)8-10-16)14(17)5-6-15-18-11-12-19(15)3/h11-14H,4-10,17H2,1-3H3. The number of hydrogen-bond donors (Lipinski definition) is 1. The van der Waals surface area contributed by atoms with Crippen molar-refractivity contribution in [3.8, 4) is 0 Å². The average molecular weight is 279 g/mol. The smallest absolute Gasteiger partial charge is 0.108 e. The quantitative estimate of drug-likeness (QED) is 0.871. The van der Waals surface area contributed by atoms with Crippen molar-refractivity contribution in [3.63, 3.8) is 0 Å². The minimum Gasteiger partial charge on any atom is -0.374 e. The molecule has 0 amide bonds. The fourth-order valence-corrected chi connectivity index (χ4v) is 3.35. The van der Waals surface area contributed by atoms with Crippen LogP contribution in [0.3, 0.4) is 0 Å². The molecule has 0 saturated heterocycles. The third-order valence-electron chi connectivity index (χ3n) is 4.83. The minimum atomic E-state index is -0.105. The predicted molar refractivity (Wildman–Crippen MR) is 81.5 cm³/mol. The highest BCUT2D eigenvalue weighted by molar-refractivity contribution is 4.98. The number of ether oxygens (including phenoxy) is 1. The van der Waals surface area contributed by atoms with Gasteiger partial charge in [0, 0.05) is 38.5 Å². The molecule has 1 atom stereocenters. The number of aryl methyl sites for hydroxylation is 2. The summed E-state index contributed by atoms with van der Waals surface area (Å²) < 4.78 is 8.20. The van der Waals surface area contributed by atoms with Gasteiger partial charge in [-0.3, -0.25) is 0 Å². The van der Waals surface area contributed by atoms with Crippen LogP contribution in [0.4, 0.5) is 0 Å². The Labute approximate surface area is 122 Å². The van der Waals surface area contributed by atoms with Gasteiger partial charge in [0.25, 0.3) is 0 Å². The summed E-state index contributed by atoms with van der Waals surface area (Å²) in [6.07, 6.45) is 10.4. The molecule has 1 saturated carbocycles. The van der Waals surface area contributed by atoms with Gasteiger partial charge in [-0.1, -0.05) is 6.92 Å². The molecule has 1 heterocycles. The number of nitrogens with two attached hydrogens (primary N) is 1. The van der Waals surface area contributed by atoms with E-state index in [1.54, 1.807) is 0 Å². The molecule has 4 nitrogen and oxygen atoms in total. The van der Waals surface area contributed by atoms with E-state index in [0.717, 1.165) is 44.0 Å². The molecule has 4 heteroatoms. The maximum absolute atomic E-state index is 6.52. The van der Waals surface area contributed by atoms with Gasteiger partial charge in [0.2, 0.25) is 0 Å². The van der Waals surface area contributed by atoms with E-state index in [1.807, 2.05) is 19.4 Å². The molecule has 20 heavy (non-hydrogen) atoms. The molecule has 0 aliphatic heterocycles. The van der Waals surface area contributed by atoms with Crippen LogP contribution >= 0.6 is 0 Å². The van der Waals surface area contributed by atoms with Crippen LogP contribution < -0.4 is 5.73 Å². The third kappa shape index (κ3) is 3.41. The lowest BCUT2D eigenvalue weighted by atomic mass is 9.74. The van der Waals surface area contributed by atoms with Crippen LogP contribution in [0.2, 0.25) is 0 Å². The van der Waals surface area contributed by atoms with E-state index < -0.39 is 0 Å². The second-order valence-electron chi connectivity index (χ2n) is 6.28. The van der Waals surface area contributed by atoms with E-state index in [9.17, 15) is 0 Å². The van der Waals surface area contributed by atoms with E-state index >= 15 is 0 Å². The molecule has 1 aromatic heterocycles. The Hall–Kier alpha value is -0.870. The van der Waals surface area contributed by atoms with Gasteiger partial charge >= 0.3 is 0 Å². The summed E-state index contributed by atoms with van der Waals surface area (Å²) >= 11 is 0. The highest BCUT2D eigenvalue weighted by atomic mass is 16.5. The zero-order valence-electron chi connectivity index (χ0n) is 13.1. The molecular formula is C16H29N3O. The number of rotatable bonds is 6. The Balaban J connectivity index is 1.96. The summed E-state index contributed by atoms with van der Waals surface area (Å²) in [7, 11) is 2.04. The second kappa shape index (κ2) is 6.72. The van der Waals surface area contributed by atoms with Crippen molar-refractivity contribution >= 4 is 0 Å². The Morgan fingerprint density at radius 2 is 2.20 bits per heavy atom. The predicted octanol–water partition coefficient (Wildman–Crippen LogP) is 2.67. The van der Waals surface area contributed by atoms with E-state index in [1.165, 1.54) is 12.8 Å². The lowest BCUT2D eigenvalue weighted by molar-refractivity contribution is -0.0898. The normalized spacial score (nSPS) is 28.5. The van der Waals surface area contributed by atoms with Gasteiger partial charge in [0.05, 0.1) is 5.60 Å². The van der Waals surface area contributed by atoms with Gasteiger partial charge in [-0.25, -0.2) is 4.98 Å². The number of nitrogens with zero attached hydrogens (tertiary/aromatic N) is 2. The fraction of sp³-hybridized carbons (Fsp3) is 0.812. The molecule has 0 aromatic carbocycles. The molecule has 2 rings (SSSR count). The molecule has 1 fully saturated rings. The second-order valence-corrected chi connectivity index (χ2v) is 6.28. The summed E-state index contributed by atoms with van der Waals surface area (Å²) in [5, 5.41) is 0. The van der Waals surface area contributed by atoms with Crippen molar-refractivity contribution in [2.24, 2.45) is 18.7 Å². The molecule has 1 unspecified atom stereocenters. The monoisotopic (exact) mass is 279 g/mol. The topological polar surface area (TPSA) is 53.1 Å². The van der Waals surface area contributed by atoms with Crippen LogP contribution in [0.5, 0.6) is 0 Å². The van der Waals surface area contributed by atoms with Crippen LogP contribution in [-0.2, 0) is 18.2 Å². The number of hydrogen-bond acceptors (Lipinski definition) is 3. The van der Waals surface area contributed by atoms with Crippen LogP contribution in [0, 0.1) is 5.92 Å². The van der Waals surface area contributed by atoms with Crippen LogP contribution in [0.1, 0.15) is 51.8 Å². The van der Waals surface area contributed by atoms with Crippen LogP contribution in [-0.4, -0.2) is 27.8 Å². The fourth-order valence-electron chi connectivity index (χ4n) is 3.35. The maximum atomic E-state index is 6.52. The molecule has 2 N–H and O–H groups in total. The molecule has 114 valence electrons. The molecule has 1 aliphatic carbocycles. The zero-order chi connectivity index (χ0) is 14.6. The maximum Gasteiger partial charge on any atom is 0.108 e.